The Bertz CT molecular complexity index is 1150. The van der Waals surface area contributed by atoms with Crippen molar-refractivity contribution in [2.75, 3.05) is 32.7 Å². The number of carbonyl (C=O) groups is 1. The van der Waals surface area contributed by atoms with Crippen LogP contribution in [0.15, 0.2) is 89.8 Å². The summed E-state index contributed by atoms with van der Waals surface area (Å²) in [6.07, 6.45) is 0.522. The Morgan fingerprint density at radius 3 is 2.00 bits per heavy atom. The summed E-state index contributed by atoms with van der Waals surface area (Å²) >= 11 is 0. The third-order valence-corrected chi connectivity index (χ3v) is 7.97. The lowest BCUT2D eigenvalue weighted by molar-refractivity contribution is 0.200. The molecule has 1 saturated heterocycles. The molecule has 1 heterocycles. The molecule has 0 atom stereocenters. The fourth-order valence-corrected chi connectivity index (χ4v) is 5.66. The van der Waals surface area contributed by atoms with Crippen LogP contribution in [-0.4, -0.2) is 56.4 Å². The largest absolute Gasteiger partial charge is 0.337 e. The Kier molecular flexibility index (Phi) is 7.59. The first-order valence-electron chi connectivity index (χ1n) is 11.3. The van der Waals surface area contributed by atoms with E-state index in [4.69, 9.17) is 0 Å². The van der Waals surface area contributed by atoms with Crippen molar-refractivity contribution in [3.8, 4) is 0 Å². The van der Waals surface area contributed by atoms with E-state index < -0.39 is 15.8 Å². The third kappa shape index (κ3) is 5.63. The molecule has 3 aromatic rings. The summed E-state index contributed by atoms with van der Waals surface area (Å²) < 4.78 is 40.5. The zero-order chi connectivity index (χ0) is 24.0. The predicted octanol–water partition coefficient (Wildman–Crippen LogP) is 4.06. The van der Waals surface area contributed by atoms with Crippen LogP contribution in [0.1, 0.15) is 23.5 Å². The molecule has 3 aromatic carbocycles. The highest BCUT2D eigenvalue weighted by Gasteiger charge is 2.28. The Morgan fingerprint density at radius 2 is 1.41 bits per heavy atom. The lowest BCUT2D eigenvalue weighted by atomic mass is 9.91. The van der Waals surface area contributed by atoms with Crippen LogP contribution >= 0.6 is 0 Å². The number of nitrogens with one attached hydrogen (secondary N) is 1. The number of amides is 2. The van der Waals surface area contributed by atoms with Crippen LogP contribution in [0.3, 0.4) is 0 Å². The normalized spacial score (nSPS) is 15.2. The number of carbonyl (C=O) groups excluding carboxylic acids is 1. The first-order chi connectivity index (χ1) is 16.4. The minimum absolute atomic E-state index is 0.00804. The fourth-order valence-electron chi connectivity index (χ4n) is 4.19. The lowest BCUT2D eigenvalue weighted by Gasteiger charge is -2.24. The fraction of sp³-hybridized carbons (Fsp3) is 0.269. The van der Waals surface area contributed by atoms with Gasteiger partial charge in [0.2, 0.25) is 10.0 Å². The Balaban J connectivity index is 1.40. The lowest BCUT2D eigenvalue weighted by Crippen LogP contribution is -2.43. The van der Waals surface area contributed by atoms with Gasteiger partial charge in [-0.1, -0.05) is 60.7 Å². The monoisotopic (exact) mass is 481 g/mol. The van der Waals surface area contributed by atoms with Gasteiger partial charge in [-0.2, -0.15) is 4.31 Å². The molecule has 0 bridgehead atoms. The molecule has 2 amide bonds. The summed E-state index contributed by atoms with van der Waals surface area (Å²) in [7, 11) is -3.74. The molecule has 6 nitrogen and oxygen atoms in total. The van der Waals surface area contributed by atoms with Crippen LogP contribution in [0.4, 0.5) is 9.18 Å². The number of hydrogen-bond acceptors (Lipinski definition) is 3. The van der Waals surface area contributed by atoms with Crippen LogP contribution in [0.25, 0.3) is 0 Å². The summed E-state index contributed by atoms with van der Waals surface area (Å²) in [5, 5.41) is 3.05. The molecule has 1 aliphatic rings. The van der Waals surface area contributed by atoms with Gasteiger partial charge in [0.05, 0.1) is 4.90 Å². The molecule has 178 valence electrons. The summed E-state index contributed by atoms with van der Waals surface area (Å²) in [6, 6.07) is 24.7. The molecule has 1 fully saturated rings. The quantitative estimate of drug-likeness (QED) is 0.577. The van der Waals surface area contributed by atoms with Gasteiger partial charge in [-0.3, -0.25) is 0 Å². The number of nitrogens with zero attached hydrogens (tertiary/aromatic N) is 2. The zero-order valence-corrected chi connectivity index (χ0v) is 19.6. The van der Waals surface area contributed by atoms with Gasteiger partial charge in [0.1, 0.15) is 5.82 Å². The molecule has 0 unspecified atom stereocenters. The third-order valence-electron chi connectivity index (χ3n) is 6.05. The van der Waals surface area contributed by atoms with Crippen molar-refractivity contribution in [2.24, 2.45) is 0 Å². The van der Waals surface area contributed by atoms with E-state index in [0.29, 0.717) is 26.1 Å². The molecular weight excluding hydrogens is 453 g/mol. The Hall–Kier alpha value is -3.23. The Morgan fingerprint density at radius 1 is 0.824 bits per heavy atom. The highest BCUT2D eigenvalue weighted by atomic mass is 32.2. The van der Waals surface area contributed by atoms with Gasteiger partial charge in [-0.25, -0.2) is 17.6 Å². The van der Waals surface area contributed by atoms with Crippen molar-refractivity contribution in [3.63, 3.8) is 0 Å². The van der Waals surface area contributed by atoms with Gasteiger partial charge in [0.15, 0.2) is 0 Å². The first-order valence-corrected chi connectivity index (χ1v) is 12.8. The Labute approximate surface area is 200 Å². The van der Waals surface area contributed by atoms with E-state index in [1.165, 1.54) is 16.4 Å². The molecule has 0 spiro atoms. The highest BCUT2D eigenvalue weighted by Crippen LogP contribution is 2.24. The van der Waals surface area contributed by atoms with E-state index >= 15 is 0 Å². The molecule has 1 N–H and O–H groups in total. The summed E-state index contributed by atoms with van der Waals surface area (Å²) in [5.74, 6) is -0.476. The van der Waals surface area contributed by atoms with Crippen molar-refractivity contribution in [1.29, 1.82) is 0 Å². The smallest absolute Gasteiger partial charge is 0.317 e. The van der Waals surface area contributed by atoms with E-state index in [2.05, 4.69) is 5.32 Å². The molecule has 0 saturated carbocycles. The van der Waals surface area contributed by atoms with Crippen LogP contribution in [0.5, 0.6) is 0 Å². The number of hydrogen-bond donors (Lipinski definition) is 1. The molecule has 0 aliphatic carbocycles. The summed E-state index contributed by atoms with van der Waals surface area (Å²) in [4.78, 5) is 14.7. The number of rotatable bonds is 6. The maximum absolute atomic E-state index is 13.2. The van der Waals surface area contributed by atoms with Gasteiger partial charge < -0.3 is 10.2 Å². The van der Waals surface area contributed by atoms with E-state index in [0.717, 1.165) is 23.3 Å². The molecule has 34 heavy (non-hydrogen) atoms. The van der Waals surface area contributed by atoms with Crippen molar-refractivity contribution in [1.82, 2.24) is 14.5 Å². The van der Waals surface area contributed by atoms with E-state index in [1.807, 2.05) is 60.7 Å². The molecule has 4 rings (SSSR count). The standard InChI is InChI=1S/C26H28FN3O3S/c27-23-12-14-24(15-13-23)34(32,33)30-17-7-16-29(18-19-30)26(31)28-20-25(21-8-3-1-4-9-21)22-10-5-2-6-11-22/h1-6,8-15,25H,7,16-20H2,(H,28,31). The SMILES string of the molecule is O=C(NCC(c1ccccc1)c1ccccc1)N1CCCN(S(=O)(=O)c2ccc(F)cc2)CC1. The van der Waals surface area contributed by atoms with Crippen LogP contribution in [0.2, 0.25) is 0 Å². The van der Waals surface area contributed by atoms with Crippen molar-refractivity contribution >= 4 is 16.1 Å². The second kappa shape index (κ2) is 10.8. The van der Waals surface area contributed by atoms with Gasteiger partial charge in [0.25, 0.3) is 0 Å². The average molecular weight is 482 g/mol. The van der Waals surface area contributed by atoms with Gasteiger partial charge in [0, 0.05) is 38.6 Å². The maximum atomic E-state index is 13.2. The number of sulfonamides is 1. The van der Waals surface area contributed by atoms with Crippen LogP contribution in [-0.2, 0) is 10.0 Å². The van der Waals surface area contributed by atoms with Crippen molar-refractivity contribution < 1.29 is 17.6 Å². The highest BCUT2D eigenvalue weighted by molar-refractivity contribution is 7.89. The second-order valence-corrected chi connectivity index (χ2v) is 10.2. The minimum atomic E-state index is -3.74. The number of benzene rings is 3. The molecule has 8 heteroatoms. The van der Waals surface area contributed by atoms with E-state index in [9.17, 15) is 17.6 Å². The number of halogens is 1. The van der Waals surface area contributed by atoms with Crippen molar-refractivity contribution in [2.45, 2.75) is 17.2 Å². The van der Waals surface area contributed by atoms with Crippen LogP contribution in [0, 0.1) is 5.82 Å². The van der Waals surface area contributed by atoms with Crippen LogP contribution < -0.4 is 5.32 Å². The van der Waals surface area contributed by atoms with E-state index in [-0.39, 0.29) is 29.9 Å². The minimum Gasteiger partial charge on any atom is -0.337 e. The average Bonchev–Trinajstić information content (AvgIpc) is 3.13. The molecule has 0 aromatic heterocycles. The van der Waals surface area contributed by atoms with E-state index in [1.54, 1.807) is 4.90 Å². The van der Waals surface area contributed by atoms with Crippen molar-refractivity contribution in [3.05, 3.63) is 102 Å². The van der Waals surface area contributed by atoms with Gasteiger partial charge in [-0.05, 0) is 41.8 Å². The summed E-state index contributed by atoms with van der Waals surface area (Å²) in [5.41, 5.74) is 2.22. The first kappa shape index (κ1) is 23.9. The number of urea groups is 1. The maximum Gasteiger partial charge on any atom is 0.317 e. The summed E-state index contributed by atoms with van der Waals surface area (Å²) in [6.45, 7) is 1.67. The molecular formula is C26H28FN3O3S. The molecule has 1 aliphatic heterocycles. The second-order valence-electron chi connectivity index (χ2n) is 8.26. The topological polar surface area (TPSA) is 69.7 Å². The van der Waals surface area contributed by atoms with Gasteiger partial charge >= 0.3 is 6.03 Å². The zero-order valence-electron chi connectivity index (χ0n) is 18.8. The van der Waals surface area contributed by atoms with Gasteiger partial charge in [-0.15, -0.1) is 0 Å². The predicted molar refractivity (Wildman–Crippen MR) is 129 cm³/mol. The molecule has 0 radical (unpaired) electrons.